The van der Waals surface area contributed by atoms with Crippen LogP contribution >= 0.6 is 55.1 Å². The minimum absolute atomic E-state index is 0.0896. The molecule has 0 aliphatic carbocycles. The predicted molar refractivity (Wildman–Crippen MR) is 136 cm³/mol. The molecule has 1 amide bonds. The number of halogens is 4. The van der Waals surface area contributed by atoms with Crippen molar-refractivity contribution in [2.45, 2.75) is 13.5 Å². The van der Waals surface area contributed by atoms with E-state index in [2.05, 4.69) is 43.2 Å². The van der Waals surface area contributed by atoms with Gasteiger partial charge in [0.25, 0.3) is 5.91 Å². The van der Waals surface area contributed by atoms with Crippen LogP contribution in [0.25, 0.3) is 6.08 Å². The van der Waals surface area contributed by atoms with Crippen molar-refractivity contribution in [1.82, 2.24) is 0 Å². The molecule has 0 bridgehead atoms. The Morgan fingerprint density at radius 1 is 1.12 bits per heavy atom. The summed E-state index contributed by atoms with van der Waals surface area (Å²) in [4.78, 5) is 12.6. The van der Waals surface area contributed by atoms with E-state index in [-0.39, 0.29) is 5.57 Å². The molecular weight excluding hydrogens is 579 g/mol. The standard InChI is InChI=1S/C24H16Br2Cl2N2O2/c1-14-3-2-4-15(7-14)13-32-23-19(25)9-16(10-20(23)26)8-17(12-29)24(31)30-22-11-18(27)5-6-21(22)28/h2-11H,13H2,1H3,(H,30,31)/b17-8+. The summed E-state index contributed by atoms with van der Waals surface area (Å²) in [6.45, 7) is 2.43. The van der Waals surface area contributed by atoms with E-state index in [4.69, 9.17) is 27.9 Å². The average Bonchev–Trinajstić information content (AvgIpc) is 2.74. The largest absolute Gasteiger partial charge is 0.487 e. The molecule has 3 rings (SSSR count). The highest BCUT2D eigenvalue weighted by atomic mass is 79.9. The fourth-order valence-electron chi connectivity index (χ4n) is 2.86. The highest BCUT2D eigenvalue weighted by Crippen LogP contribution is 2.36. The van der Waals surface area contributed by atoms with E-state index in [1.807, 2.05) is 31.2 Å². The van der Waals surface area contributed by atoms with Crippen molar-refractivity contribution >= 4 is 72.7 Å². The normalized spacial score (nSPS) is 11.1. The van der Waals surface area contributed by atoms with Crippen LogP contribution in [0.5, 0.6) is 5.75 Å². The van der Waals surface area contributed by atoms with Crippen molar-refractivity contribution < 1.29 is 9.53 Å². The summed E-state index contributed by atoms with van der Waals surface area (Å²) >= 11 is 19.1. The molecule has 0 fully saturated rings. The van der Waals surface area contributed by atoms with E-state index in [0.29, 0.717) is 42.6 Å². The molecule has 0 aromatic heterocycles. The van der Waals surface area contributed by atoms with Crippen LogP contribution in [0.15, 0.2) is 69.1 Å². The van der Waals surface area contributed by atoms with E-state index in [1.54, 1.807) is 24.3 Å². The van der Waals surface area contributed by atoms with E-state index in [9.17, 15) is 10.1 Å². The molecule has 4 nitrogen and oxygen atoms in total. The zero-order valence-corrected chi connectivity index (χ0v) is 21.4. The SMILES string of the molecule is Cc1cccc(COc2c(Br)cc(/C=C(\C#N)C(=O)Nc3cc(Cl)ccc3Cl)cc2Br)c1. The lowest BCUT2D eigenvalue weighted by molar-refractivity contribution is -0.112. The minimum atomic E-state index is -0.594. The zero-order valence-electron chi connectivity index (χ0n) is 16.8. The molecule has 0 atom stereocenters. The summed E-state index contributed by atoms with van der Waals surface area (Å²) in [6, 6.07) is 18.2. The molecular formula is C24H16Br2Cl2N2O2. The smallest absolute Gasteiger partial charge is 0.266 e. The van der Waals surface area contributed by atoms with Crippen molar-refractivity contribution in [2.75, 3.05) is 5.32 Å². The summed E-state index contributed by atoms with van der Waals surface area (Å²) < 4.78 is 7.32. The molecule has 0 radical (unpaired) electrons. The third kappa shape index (κ3) is 6.36. The minimum Gasteiger partial charge on any atom is -0.487 e. The topological polar surface area (TPSA) is 62.1 Å². The number of hydrogen-bond donors (Lipinski definition) is 1. The van der Waals surface area contributed by atoms with Gasteiger partial charge in [0, 0.05) is 5.02 Å². The Labute approximate surface area is 213 Å². The van der Waals surface area contributed by atoms with Gasteiger partial charge >= 0.3 is 0 Å². The predicted octanol–water partition coefficient (Wildman–Crippen LogP) is 7.95. The van der Waals surface area contributed by atoms with Gasteiger partial charge in [-0.1, -0.05) is 53.0 Å². The zero-order chi connectivity index (χ0) is 23.3. The number of amides is 1. The maximum atomic E-state index is 12.6. The first-order valence-electron chi connectivity index (χ1n) is 9.32. The molecule has 0 heterocycles. The van der Waals surface area contributed by atoms with Crippen LogP contribution in [-0.2, 0) is 11.4 Å². The number of nitrogens with one attached hydrogen (secondary N) is 1. The number of aryl methyl sites for hydroxylation is 1. The lowest BCUT2D eigenvalue weighted by atomic mass is 10.1. The number of rotatable bonds is 6. The first kappa shape index (κ1) is 24.3. The van der Waals surface area contributed by atoms with Crippen molar-refractivity contribution in [2.24, 2.45) is 0 Å². The third-order valence-corrected chi connectivity index (χ3v) is 6.08. The van der Waals surface area contributed by atoms with Gasteiger partial charge in [0.15, 0.2) is 0 Å². The van der Waals surface area contributed by atoms with Gasteiger partial charge in [-0.25, -0.2) is 0 Å². The van der Waals surface area contributed by atoms with Gasteiger partial charge < -0.3 is 10.1 Å². The second kappa shape index (κ2) is 11.0. The Morgan fingerprint density at radius 2 is 1.84 bits per heavy atom. The molecule has 32 heavy (non-hydrogen) atoms. The number of anilines is 1. The van der Waals surface area contributed by atoms with E-state index in [1.165, 1.54) is 12.1 Å². The lowest BCUT2D eigenvalue weighted by Gasteiger charge is -2.12. The molecule has 0 saturated carbocycles. The molecule has 8 heteroatoms. The monoisotopic (exact) mass is 592 g/mol. The van der Waals surface area contributed by atoms with E-state index < -0.39 is 5.91 Å². The Bertz CT molecular complexity index is 1230. The quantitative estimate of drug-likeness (QED) is 0.233. The van der Waals surface area contributed by atoms with E-state index >= 15 is 0 Å². The first-order valence-corrected chi connectivity index (χ1v) is 11.7. The van der Waals surface area contributed by atoms with Crippen LogP contribution in [0.4, 0.5) is 5.69 Å². The summed E-state index contributed by atoms with van der Waals surface area (Å²) in [5.41, 5.74) is 3.08. The fourth-order valence-corrected chi connectivity index (χ4v) is 4.64. The molecule has 3 aromatic rings. The molecule has 0 saturated heterocycles. The van der Waals surface area contributed by atoms with Gasteiger partial charge in [0.2, 0.25) is 0 Å². The second-order valence-electron chi connectivity index (χ2n) is 6.84. The summed E-state index contributed by atoms with van der Waals surface area (Å²) in [7, 11) is 0. The second-order valence-corrected chi connectivity index (χ2v) is 9.39. The van der Waals surface area contributed by atoms with Gasteiger partial charge in [-0.15, -0.1) is 0 Å². The number of nitriles is 1. The van der Waals surface area contributed by atoms with Gasteiger partial charge in [0.1, 0.15) is 24.0 Å². The number of carbonyl (C=O) groups is 1. The molecule has 0 unspecified atom stereocenters. The Kier molecular flexibility index (Phi) is 8.38. The number of carbonyl (C=O) groups excluding carboxylic acids is 1. The summed E-state index contributed by atoms with van der Waals surface area (Å²) in [5, 5.41) is 12.8. The maximum Gasteiger partial charge on any atom is 0.266 e. The number of hydrogen-bond acceptors (Lipinski definition) is 3. The van der Waals surface area contributed by atoms with Gasteiger partial charge in [-0.2, -0.15) is 5.26 Å². The summed E-state index contributed by atoms with van der Waals surface area (Å²) in [6.07, 6.45) is 1.48. The molecule has 162 valence electrons. The van der Waals surface area contributed by atoms with Gasteiger partial charge in [-0.05, 0) is 86.3 Å². The Hall–Kier alpha value is -2.30. The molecule has 3 aromatic carbocycles. The van der Waals surface area contributed by atoms with Crippen LogP contribution in [0, 0.1) is 18.3 Å². The van der Waals surface area contributed by atoms with Crippen molar-refractivity contribution in [3.63, 3.8) is 0 Å². The van der Waals surface area contributed by atoms with Crippen LogP contribution in [0.3, 0.4) is 0 Å². The first-order chi connectivity index (χ1) is 15.3. The molecule has 0 aliphatic rings. The van der Waals surface area contributed by atoms with Crippen LogP contribution < -0.4 is 10.1 Å². The van der Waals surface area contributed by atoms with Crippen molar-refractivity contribution in [1.29, 1.82) is 5.26 Å². The van der Waals surface area contributed by atoms with Gasteiger partial charge in [0.05, 0.1) is 19.7 Å². The van der Waals surface area contributed by atoms with Crippen molar-refractivity contribution in [3.05, 3.63) is 95.9 Å². The van der Waals surface area contributed by atoms with Gasteiger partial charge in [-0.3, -0.25) is 4.79 Å². The van der Waals surface area contributed by atoms with E-state index in [0.717, 1.165) is 11.1 Å². The van der Waals surface area contributed by atoms with Crippen LogP contribution in [-0.4, -0.2) is 5.91 Å². The lowest BCUT2D eigenvalue weighted by Crippen LogP contribution is -2.13. The molecule has 0 spiro atoms. The summed E-state index contributed by atoms with van der Waals surface area (Å²) in [5.74, 6) is 0.0287. The fraction of sp³-hybridized carbons (Fsp3) is 0.0833. The van der Waals surface area contributed by atoms with Crippen molar-refractivity contribution in [3.8, 4) is 11.8 Å². The Balaban J connectivity index is 1.79. The maximum absolute atomic E-state index is 12.6. The number of nitrogens with zero attached hydrogens (tertiary/aromatic N) is 1. The van der Waals surface area contributed by atoms with Crippen LogP contribution in [0.1, 0.15) is 16.7 Å². The highest BCUT2D eigenvalue weighted by Gasteiger charge is 2.14. The molecule has 1 N–H and O–H groups in total. The highest BCUT2D eigenvalue weighted by molar-refractivity contribution is 9.11. The number of ether oxygens (including phenoxy) is 1. The Morgan fingerprint density at radius 3 is 2.50 bits per heavy atom. The van der Waals surface area contributed by atoms with Crippen LogP contribution in [0.2, 0.25) is 10.0 Å². The number of benzene rings is 3. The molecule has 0 aliphatic heterocycles. The third-order valence-electron chi connectivity index (χ3n) is 4.34. The average molecular weight is 595 g/mol.